The first-order valence-electron chi connectivity index (χ1n) is 9.33. The molecule has 2 amide bonds. The molecule has 0 aliphatic carbocycles. The van der Waals surface area contributed by atoms with E-state index in [9.17, 15) is 14.0 Å². The number of aromatic nitrogens is 1. The van der Waals surface area contributed by atoms with Crippen molar-refractivity contribution in [2.45, 2.75) is 26.3 Å². The third-order valence-corrected chi connectivity index (χ3v) is 4.45. The topological polar surface area (TPSA) is 71.1 Å². The highest BCUT2D eigenvalue weighted by molar-refractivity contribution is 6.06. The van der Waals surface area contributed by atoms with Gasteiger partial charge < -0.3 is 10.6 Å². The largest absolute Gasteiger partial charge is 0.347 e. The summed E-state index contributed by atoms with van der Waals surface area (Å²) in [5.41, 5.74) is 3.01. The van der Waals surface area contributed by atoms with E-state index in [1.807, 2.05) is 24.3 Å². The zero-order valence-corrected chi connectivity index (χ0v) is 16.3. The van der Waals surface area contributed by atoms with Gasteiger partial charge in [0, 0.05) is 24.0 Å². The van der Waals surface area contributed by atoms with Crippen LogP contribution in [-0.4, -0.2) is 16.8 Å². The zero-order valence-electron chi connectivity index (χ0n) is 16.3. The monoisotopic (exact) mass is 391 g/mol. The van der Waals surface area contributed by atoms with Gasteiger partial charge in [-0.3, -0.25) is 14.6 Å². The van der Waals surface area contributed by atoms with E-state index in [4.69, 9.17) is 0 Å². The summed E-state index contributed by atoms with van der Waals surface area (Å²) in [4.78, 5) is 29.1. The summed E-state index contributed by atoms with van der Waals surface area (Å²) in [6, 6.07) is 16.5. The summed E-state index contributed by atoms with van der Waals surface area (Å²) < 4.78 is 13.0. The highest BCUT2D eigenvalue weighted by Crippen LogP contribution is 2.24. The number of carbonyl (C=O) groups excluding carboxylic acids is 2. The number of nitrogens with zero attached hydrogens (tertiary/aromatic N) is 1. The van der Waals surface area contributed by atoms with Crippen molar-refractivity contribution in [1.82, 2.24) is 10.3 Å². The van der Waals surface area contributed by atoms with Crippen molar-refractivity contribution >= 4 is 17.5 Å². The predicted molar refractivity (Wildman–Crippen MR) is 110 cm³/mol. The van der Waals surface area contributed by atoms with Crippen LogP contribution in [0.5, 0.6) is 0 Å². The van der Waals surface area contributed by atoms with Crippen LogP contribution in [-0.2, 0) is 6.54 Å². The number of nitrogens with one attached hydrogen (secondary N) is 2. The van der Waals surface area contributed by atoms with Gasteiger partial charge in [0.15, 0.2) is 0 Å². The molecule has 2 aromatic carbocycles. The molecule has 0 fully saturated rings. The lowest BCUT2D eigenvalue weighted by Crippen LogP contribution is -2.24. The number of carbonyl (C=O) groups is 2. The molecule has 6 heteroatoms. The summed E-state index contributed by atoms with van der Waals surface area (Å²) >= 11 is 0. The van der Waals surface area contributed by atoms with Gasteiger partial charge in [-0.15, -0.1) is 0 Å². The Kier molecular flexibility index (Phi) is 6.34. The second-order valence-electron chi connectivity index (χ2n) is 6.93. The van der Waals surface area contributed by atoms with Gasteiger partial charge in [0.1, 0.15) is 11.5 Å². The molecule has 1 aromatic heterocycles. The van der Waals surface area contributed by atoms with Gasteiger partial charge in [0.2, 0.25) is 0 Å². The van der Waals surface area contributed by atoms with E-state index in [0.29, 0.717) is 5.56 Å². The molecule has 0 spiro atoms. The maximum atomic E-state index is 13.0. The van der Waals surface area contributed by atoms with Crippen molar-refractivity contribution in [3.63, 3.8) is 0 Å². The Balaban J connectivity index is 1.69. The zero-order chi connectivity index (χ0) is 20.8. The molecule has 0 aliphatic rings. The smallest absolute Gasteiger partial charge is 0.270 e. The van der Waals surface area contributed by atoms with Gasteiger partial charge in [0.05, 0.1) is 0 Å². The lowest BCUT2D eigenvalue weighted by Gasteiger charge is -2.14. The van der Waals surface area contributed by atoms with E-state index >= 15 is 0 Å². The van der Waals surface area contributed by atoms with E-state index < -0.39 is 5.91 Å². The maximum Gasteiger partial charge on any atom is 0.270 e. The first-order chi connectivity index (χ1) is 13.9. The van der Waals surface area contributed by atoms with Gasteiger partial charge >= 0.3 is 0 Å². The molecule has 3 rings (SSSR count). The molecule has 29 heavy (non-hydrogen) atoms. The fourth-order valence-corrected chi connectivity index (χ4v) is 2.88. The third-order valence-electron chi connectivity index (χ3n) is 4.45. The van der Waals surface area contributed by atoms with Crippen molar-refractivity contribution in [3.05, 3.63) is 95.1 Å². The SMILES string of the molecule is CC(C)c1ccccc1NC(=O)c1ccnc(C(=O)NCc2ccc(F)cc2)c1. The van der Waals surface area contributed by atoms with Gasteiger partial charge in [-0.25, -0.2) is 4.39 Å². The number of anilines is 1. The van der Waals surface area contributed by atoms with E-state index in [1.54, 1.807) is 18.2 Å². The van der Waals surface area contributed by atoms with Crippen LogP contribution in [0.1, 0.15) is 51.7 Å². The van der Waals surface area contributed by atoms with Crippen LogP contribution in [0.15, 0.2) is 66.9 Å². The first kappa shape index (κ1) is 20.2. The Hall–Kier alpha value is -3.54. The minimum Gasteiger partial charge on any atom is -0.347 e. The minimum absolute atomic E-state index is 0.136. The number of rotatable bonds is 6. The van der Waals surface area contributed by atoms with Crippen LogP contribution in [0, 0.1) is 5.82 Å². The molecule has 0 radical (unpaired) electrons. The molecule has 1 heterocycles. The van der Waals surface area contributed by atoms with Crippen molar-refractivity contribution < 1.29 is 14.0 Å². The molecule has 0 bridgehead atoms. The standard InChI is InChI=1S/C23H22FN3O2/c1-15(2)19-5-3-4-6-20(19)27-22(28)17-11-12-25-21(13-17)23(29)26-14-16-7-9-18(24)10-8-16/h3-13,15H,14H2,1-2H3,(H,26,29)(H,27,28). The maximum absolute atomic E-state index is 13.0. The molecular weight excluding hydrogens is 369 g/mol. The number of hydrogen-bond acceptors (Lipinski definition) is 3. The number of amides is 2. The number of halogens is 1. The summed E-state index contributed by atoms with van der Waals surface area (Å²) in [6.07, 6.45) is 1.43. The summed E-state index contributed by atoms with van der Waals surface area (Å²) in [6.45, 7) is 4.35. The molecule has 0 atom stereocenters. The molecule has 0 saturated heterocycles. The molecule has 3 aromatic rings. The van der Waals surface area contributed by atoms with Crippen molar-refractivity contribution in [2.75, 3.05) is 5.32 Å². The van der Waals surface area contributed by atoms with E-state index in [2.05, 4.69) is 29.5 Å². The molecular formula is C23H22FN3O2. The third kappa shape index (κ3) is 5.25. The molecule has 148 valence electrons. The molecule has 2 N–H and O–H groups in total. The highest BCUT2D eigenvalue weighted by atomic mass is 19.1. The van der Waals surface area contributed by atoms with Crippen molar-refractivity contribution in [2.24, 2.45) is 0 Å². The highest BCUT2D eigenvalue weighted by Gasteiger charge is 2.14. The predicted octanol–water partition coefficient (Wildman–Crippen LogP) is 4.53. The minimum atomic E-state index is -0.411. The second-order valence-corrected chi connectivity index (χ2v) is 6.93. The average molecular weight is 391 g/mol. The number of benzene rings is 2. The lowest BCUT2D eigenvalue weighted by molar-refractivity contribution is 0.0946. The van der Waals surface area contributed by atoms with Crippen molar-refractivity contribution in [3.8, 4) is 0 Å². The fourth-order valence-electron chi connectivity index (χ4n) is 2.88. The van der Waals surface area contributed by atoms with Crippen LogP contribution in [0.3, 0.4) is 0 Å². The number of hydrogen-bond donors (Lipinski definition) is 2. The Morgan fingerprint density at radius 2 is 1.72 bits per heavy atom. The fraction of sp³-hybridized carbons (Fsp3) is 0.174. The van der Waals surface area contributed by atoms with Gasteiger partial charge in [-0.1, -0.05) is 44.2 Å². The summed E-state index contributed by atoms with van der Waals surface area (Å²) in [5.74, 6) is -0.795. The van der Waals surface area contributed by atoms with Crippen LogP contribution in [0.4, 0.5) is 10.1 Å². The molecule has 5 nitrogen and oxygen atoms in total. The van der Waals surface area contributed by atoms with E-state index in [0.717, 1.165) is 16.8 Å². The van der Waals surface area contributed by atoms with Gasteiger partial charge in [-0.05, 0) is 47.4 Å². The van der Waals surface area contributed by atoms with E-state index in [-0.39, 0.29) is 29.9 Å². The van der Waals surface area contributed by atoms with Gasteiger partial charge in [-0.2, -0.15) is 0 Å². The van der Waals surface area contributed by atoms with Gasteiger partial charge in [0.25, 0.3) is 11.8 Å². The van der Waals surface area contributed by atoms with Crippen LogP contribution < -0.4 is 10.6 Å². The summed E-state index contributed by atoms with van der Waals surface area (Å²) in [5, 5.41) is 5.62. The summed E-state index contributed by atoms with van der Waals surface area (Å²) in [7, 11) is 0. The molecule has 0 saturated carbocycles. The van der Waals surface area contributed by atoms with E-state index in [1.165, 1.54) is 24.4 Å². The van der Waals surface area contributed by atoms with Crippen LogP contribution in [0.25, 0.3) is 0 Å². The molecule has 0 aliphatic heterocycles. The quantitative estimate of drug-likeness (QED) is 0.649. The Morgan fingerprint density at radius 1 is 1.00 bits per heavy atom. The van der Waals surface area contributed by atoms with Crippen LogP contribution in [0.2, 0.25) is 0 Å². The number of pyridine rings is 1. The van der Waals surface area contributed by atoms with Crippen molar-refractivity contribution in [1.29, 1.82) is 0 Å². The lowest BCUT2D eigenvalue weighted by atomic mass is 10.0. The number of para-hydroxylation sites is 1. The molecule has 0 unspecified atom stereocenters. The Morgan fingerprint density at radius 3 is 2.45 bits per heavy atom. The normalized spacial score (nSPS) is 10.6. The Labute approximate surface area is 169 Å². The first-order valence-corrected chi connectivity index (χ1v) is 9.33. The second kappa shape index (κ2) is 9.10. The van der Waals surface area contributed by atoms with Crippen LogP contribution >= 0.6 is 0 Å². The Bertz CT molecular complexity index is 1020. The average Bonchev–Trinajstić information content (AvgIpc) is 2.73.